The van der Waals surface area contributed by atoms with Crippen LogP contribution in [0.15, 0.2) is 48.5 Å². The van der Waals surface area contributed by atoms with Crippen LogP contribution in [-0.4, -0.2) is 22.2 Å². The van der Waals surface area contributed by atoms with Crippen LogP contribution in [0.1, 0.15) is 46.7 Å². The SMILES string of the molecule is CC1(C)CNCc2c(C(=O)Nc3ccc(F)cc3)nn(Cc3ccc(C(F)(F)F)cc3)c21.Cl. The normalized spacial score (nSPS) is 14.8. The molecule has 33 heavy (non-hydrogen) atoms. The van der Waals surface area contributed by atoms with Crippen molar-refractivity contribution in [3.8, 4) is 0 Å². The molecule has 0 radical (unpaired) electrons. The summed E-state index contributed by atoms with van der Waals surface area (Å²) in [6.45, 7) is 5.37. The molecule has 0 saturated carbocycles. The van der Waals surface area contributed by atoms with Crippen molar-refractivity contribution < 1.29 is 22.4 Å². The van der Waals surface area contributed by atoms with Crippen LogP contribution in [0.2, 0.25) is 0 Å². The summed E-state index contributed by atoms with van der Waals surface area (Å²) in [4.78, 5) is 13.0. The fourth-order valence-corrected chi connectivity index (χ4v) is 4.00. The van der Waals surface area contributed by atoms with E-state index in [9.17, 15) is 22.4 Å². The van der Waals surface area contributed by atoms with Gasteiger partial charge in [-0.3, -0.25) is 9.48 Å². The number of alkyl halides is 3. The molecule has 2 aromatic carbocycles. The monoisotopic (exact) mass is 482 g/mol. The quantitative estimate of drug-likeness (QED) is 0.506. The van der Waals surface area contributed by atoms with Crippen LogP contribution in [0.5, 0.6) is 0 Å². The van der Waals surface area contributed by atoms with Gasteiger partial charge in [-0.25, -0.2) is 4.39 Å². The second-order valence-electron chi connectivity index (χ2n) is 8.48. The molecule has 3 aromatic rings. The Morgan fingerprint density at radius 1 is 1.12 bits per heavy atom. The maximum Gasteiger partial charge on any atom is 0.416 e. The third kappa shape index (κ3) is 5.20. The lowest BCUT2D eigenvalue weighted by Crippen LogP contribution is -2.40. The van der Waals surface area contributed by atoms with Crippen LogP contribution < -0.4 is 10.6 Å². The predicted octanol–water partition coefficient (Wildman–Crippen LogP) is 5.14. The highest BCUT2D eigenvalue weighted by atomic mass is 35.5. The first kappa shape index (κ1) is 24.7. The van der Waals surface area contributed by atoms with Crippen molar-refractivity contribution in [2.24, 2.45) is 0 Å². The number of fused-ring (bicyclic) bond motifs is 1. The molecule has 0 fully saturated rings. The Labute approximate surface area is 194 Å². The van der Waals surface area contributed by atoms with E-state index in [0.717, 1.165) is 23.4 Å². The number of amides is 1. The van der Waals surface area contributed by atoms with Gasteiger partial charge >= 0.3 is 6.18 Å². The van der Waals surface area contributed by atoms with Gasteiger partial charge in [-0.2, -0.15) is 18.3 Å². The van der Waals surface area contributed by atoms with Gasteiger partial charge in [0.15, 0.2) is 5.69 Å². The Balaban J connectivity index is 0.00000306. The smallest absolute Gasteiger partial charge is 0.321 e. The van der Waals surface area contributed by atoms with E-state index >= 15 is 0 Å². The molecule has 0 spiro atoms. The Hall–Kier alpha value is -2.91. The number of nitrogens with one attached hydrogen (secondary N) is 2. The summed E-state index contributed by atoms with van der Waals surface area (Å²) in [6.07, 6.45) is -4.40. The Bertz CT molecular complexity index is 1140. The molecule has 1 amide bonds. The van der Waals surface area contributed by atoms with E-state index in [2.05, 4.69) is 15.7 Å². The highest BCUT2D eigenvalue weighted by molar-refractivity contribution is 6.04. The average Bonchev–Trinajstić information content (AvgIpc) is 3.09. The summed E-state index contributed by atoms with van der Waals surface area (Å²) >= 11 is 0. The van der Waals surface area contributed by atoms with Crippen molar-refractivity contribution in [3.05, 3.63) is 82.4 Å². The van der Waals surface area contributed by atoms with Crippen molar-refractivity contribution in [3.63, 3.8) is 0 Å². The predicted molar refractivity (Wildman–Crippen MR) is 119 cm³/mol. The number of rotatable bonds is 4. The van der Waals surface area contributed by atoms with E-state index < -0.39 is 23.5 Å². The van der Waals surface area contributed by atoms with Gasteiger partial charge in [-0.15, -0.1) is 12.4 Å². The van der Waals surface area contributed by atoms with Gasteiger partial charge in [0.05, 0.1) is 17.8 Å². The van der Waals surface area contributed by atoms with Crippen LogP contribution >= 0.6 is 12.4 Å². The number of anilines is 1. The highest BCUT2D eigenvalue weighted by Gasteiger charge is 2.36. The minimum Gasteiger partial charge on any atom is -0.321 e. The number of carbonyl (C=O) groups is 1. The van der Waals surface area contributed by atoms with Gasteiger partial charge in [-0.05, 0) is 42.0 Å². The number of benzene rings is 2. The second kappa shape index (κ2) is 9.15. The first-order valence-corrected chi connectivity index (χ1v) is 10.1. The molecule has 0 unspecified atom stereocenters. The fraction of sp³-hybridized carbons (Fsp3) is 0.304. The van der Waals surface area contributed by atoms with E-state index in [-0.39, 0.29) is 30.1 Å². The summed E-state index contributed by atoms with van der Waals surface area (Å²) in [5, 5.41) is 10.6. The van der Waals surface area contributed by atoms with E-state index in [0.29, 0.717) is 24.3 Å². The minimum atomic E-state index is -4.40. The molecule has 10 heteroatoms. The third-order valence-corrected chi connectivity index (χ3v) is 5.49. The zero-order valence-electron chi connectivity index (χ0n) is 18.0. The lowest BCUT2D eigenvalue weighted by Gasteiger charge is -2.32. The van der Waals surface area contributed by atoms with Gasteiger partial charge in [0, 0.05) is 29.8 Å². The van der Waals surface area contributed by atoms with Crippen molar-refractivity contribution in [1.29, 1.82) is 0 Å². The van der Waals surface area contributed by atoms with Crippen molar-refractivity contribution in [2.45, 2.75) is 38.5 Å². The van der Waals surface area contributed by atoms with E-state index in [1.807, 2.05) is 13.8 Å². The molecule has 0 bridgehead atoms. The van der Waals surface area contributed by atoms with E-state index in [4.69, 9.17) is 0 Å². The molecule has 176 valence electrons. The van der Waals surface area contributed by atoms with Gasteiger partial charge in [-0.1, -0.05) is 26.0 Å². The number of hydrogen-bond donors (Lipinski definition) is 2. The Morgan fingerprint density at radius 3 is 2.36 bits per heavy atom. The summed E-state index contributed by atoms with van der Waals surface area (Å²) in [5.41, 5.74) is 1.85. The van der Waals surface area contributed by atoms with Gasteiger partial charge in [0.1, 0.15) is 5.82 Å². The topological polar surface area (TPSA) is 59.0 Å². The summed E-state index contributed by atoms with van der Waals surface area (Å²) in [5.74, 6) is -0.842. The third-order valence-electron chi connectivity index (χ3n) is 5.49. The maximum atomic E-state index is 13.2. The maximum absolute atomic E-state index is 13.2. The van der Waals surface area contributed by atoms with Gasteiger partial charge in [0.2, 0.25) is 0 Å². The molecular formula is C23H23ClF4N4O. The molecule has 1 aliphatic rings. The summed E-state index contributed by atoms with van der Waals surface area (Å²) < 4.78 is 53.5. The molecule has 4 rings (SSSR count). The van der Waals surface area contributed by atoms with Crippen LogP contribution in [0, 0.1) is 5.82 Å². The number of hydrogen-bond acceptors (Lipinski definition) is 3. The molecule has 0 saturated heterocycles. The number of aromatic nitrogens is 2. The van der Waals surface area contributed by atoms with Crippen molar-refractivity contribution in [1.82, 2.24) is 15.1 Å². The number of carbonyl (C=O) groups excluding carboxylic acids is 1. The molecular weight excluding hydrogens is 460 g/mol. The van der Waals surface area contributed by atoms with Crippen LogP contribution in [0.4, 0.5) is 23.2 Å². The van der Waals surface area contributed by atoms with E-state index in [1.165, 1.54) is 36.4 Å². The van der Waals surface area contributed by atoms with Crippen LogP contribution in [0.25, 0.3) is 0 Å². The molecule has 2 heterocycles. The Kier molecular flexibility index (Phi) is 6.85. The minimum absolute atomic E-state index is 0. The average molecular weight is 483 g/mol. The molecule has 5 nitrogen and oxygen atoms in total. The fourth-order valence-electron chi connectivity index (χ4n) is 4.00. The number of halogens is 5. The van der Waals surface area contributed by atoms with Gasteiger partial charge in [0.25, 0.3) is 5.91 Å². The lowest BCUT2D eigenvalue weighted by molar-refractivity contribution is -0.137. The summed E-state index contributed by atoms with van der Waals surface area (Å²) in [6, 6.07) is 10.3. The molecule has 2 N–H and O–H groups in total. The second-order valence-corrected chi connectivity index (χ2v) is 8.48. The van der Waals surface area contributed by atoms with Crippen molar-refractivity contribution in [2.75, 3.05) is 11.9 Å². The number of nitrogens with zero attached hydrogens (tertiary/aromatic N) is 2. The largest absolute Gasteiger partial charge is 0.416 e. The molecule has 0 aliphatic carbocycles. The Morgan fingerprint density at radius 2 is 1.76 bits per heavy atom. The zero-order valence-corrected chi connectivity index (χ0v) is 18.8. The highest BCUT2D eigenvalue weighted by Crippen LogP contribution is 2.33. The van der Waals surface area contributed by atoms with Crippen LogP contribution in [-0.2, 0) is 24.7 Å². The van der Waals surface area contributed by atoms with Gasteiger partial charge < -0.3 is 10.6 Å². The standard InChI is InChI=1S/C23H22F4N4O.ClH/c1-22(2)13-28-11-18-19(21(32)29-17-9-7-16(24)8-10-17)30-31(20(18)22)12-14-3-5-15(6-4-14)23(25,26)27;/h3-10,28H,11-13H2,1-2H3,(H,29,32);1H. The zero-order chi connectivity index (χ0) is 23.1. The summed E-state index contributed by atoms with van der Waals surface area (Å²) in [7, 11) is 0. The molecule has 1 aliphatic heterocycles. The first-order valence-electron chi connectivity index (χ1n) is 10.1. The van der Waals surface area contributed by atoms with E-state index in [1.54, 1.807) is 4.68 Å². The first-order chi connectivity index (χ1) is 15.0. The van der Waals surface area contributed by atoms with Crippen molar-refractivity contribution >= 4 is 24.0 Å². The molecule has 0 atom stereocenters. The molecule has 1 aromatic heterocycles. The van der Waals surface area contributed by atoms with Crippen LogP contribution in [0.3, 0.4) is 0 Å². The lowest BCUT2D eigenvalue weighted by atomic mass is 9.83.